The standard InChI is InChI=1S/C25H23NO/c1-25(2,3)22-15-13-20(14-16-22)23-17-26-24(27-23)21-11-9-19(10-12-21)18-7-5-4-6-8-18/h4-17H,1-3H3. The Morgan fingerprint density at radius 2 is 1.19 bits per heavy atom. The molecule has 0 bridgehead atoms. The van der Waals surface area contributed by atoms with Gasteiger partial charge in [-0.1, -0.05) is 87.5 Å². The first-order chi connectivity index (χ1) is 13.0. The molecule has 0 aliphatic carbocycles. The maximum absolute atomic E-state index is 6.02. The van der Waals surface area contributed by atoms with Crippen molar-refractivity contribution in [1.82, 2.24) is 4.98 Å². The molecule has 0 saturated carbocycles. The summed E-state index contributed by atoms with van der Waals surface area (Å²) >= 11 is 0. The summed E-state index contributed by atoms with van der Waals surface area (Å²) in [5, 5.41) is 0. The van der Waals surface area contributed by atoms with E-state index in [1.165, 1.54) is 16.7 Å². The van der Waals surface area contributed by atoms with E-state index in [0.29, 0.717) is 5.89 Å². The van der Waals surface area contributed by atoms with Gasteiger partial charge >= 0.3 is 0 Å². The third-order valence-electron chi connectivity index (χ3n) is 4.78. The highest BCUT2D eigenvalue weighted by Gasteiger charge is 2.14. The highest BCUT2D eigenvalue weighted by Crippen LogP contribution is 2.30. The smallest absolute Gasteiger partial charge is 0.226 e. The molecule has 4 aromatic rings. The average Bonchev–Trinajstić information content (AvgIpc) is 3.18. The van der Waals surface area contributed by atoms with Crippen LogP contribution >= 0.6 is 0 Å². The molecule has 2 heteroatoms. The summed E-state index contributed by atoms with van der Waals surface area (Å²) in [6.07, 6.45) is 1.80. The van der Waals surface area contributed by atoms with E-state index in [0.717, 1.165) is 16.9 Å². The van der Waals surface area contributed by atoms with Crippen molar-refractivity contribution in [2.45, 2.75) is 26.2 Å². The van der Waals surface area contributed by atoms with Crippen molar-refractivity contribution in [2.75, 3.05) is 0 Å². The van der Waals surface area contributed by atoms with Crippen molar-refractivity contribution in [3.05, 3.63) is 90.6 Å². The molecule has 0 fully saturated rings. The van der Waals surface area contributed by atoms with E-state index >= 15 is 0 Å². The van der Waals surface area contributed by atoms with Crippen molar-refractivity contribution in [2.24, 2.45) is 0 Å². The van der Waals surface area contributed by atoms with Crippen LogP contribution in [0.15, 0.2) is 89.5 Å². The lowest BCUT2D eigenvalue weighted by Gasteiger charge is -2.18. The van der Waals surface area contributed by atoms with Gasteiger partial charge in [0.25, 0.3) is 0 Å². The van der Waals surface area contributed by atoms with Gasteiger partial charge in [0.1, 0.15) is 0 Å². The molecule has 0 radical (unpaired) electrons. The zero-order valence-electron chi connectivity index (χ0n) is 15.9. The molecule has 1 aromatic heterocycles. The number of rotatable bonds is 3. The second kappa shape index (κ2) is 6.88. The highest BCUT2D eigenvalue weighted by atomic mass is 16.4. The lowest BCUT2D eigenvalue weighted by atomic mass is 9.86. The molecule has 0 aliphatic rings. The van der Waals surface area contributed by atoms with Crippen molar-refractivity contribution in [3.63, 3.8) is 0 Å². The number of benzene rings is 3. The van der Waals surface area contributed by atoms with Crippen LogP contribution in [0.4, 0.5) is 0 Å². The van der Waals surface area contributed by atoms with Crippen molar-refractivity contribution < 1.29 is 4.42 Å². The molecule has 0 spiro atoms. The summed E-state index contributed by atoms with van der Waals surface area (Å²) in [7, 11) is 0. The third kappa shape index (κ3) is 3.70. The number of aromatic nitrogens is 1. The molecule has 134 valence electrons. The van der Waals surface area contributed by atoms with Crippen LogP contribution in [-0.4, -0.2) is 4.98 Å². The first kappa shape index (κ1) is 17.3. The molecule has 0 atom stereocenters. The Hall–Kier alpha value is -3.13. The Kier molecular flexibility index (Phi) is 4.41. The Bertz CT molecular complexity index is 1020. The zero-order valence-corrected chi connectivity index (χ0v) is 15.9. The topological polar surface area (TPSA) is 26.0 Å². The minimum absolute atomic E-state index is 0.144. The van der Waals surface area contributed by atoms with E-state index in [1.54, 1.807) is 6.20 Å². The van der Waals surface area contributed by atoms with Crippen LogP contribution < -0.4 is 0 Å². The molecule has 0 aliphatic heterocycles. The van der Waals surface area contributed by atoms with Crippen LogP contribution in [0.5, 0.6) is 0 Å². The molecular formula is C25H23NO. The Balaban J connectivity index is 1.57. The molecule has 1 heterocycles. The molecule has 2 nitrogen and oxygen atoms in total. The van der Waals surface area contributed by atoms with Crippen LogP contribution in [0.1, 0.15) is 26.3 Å². The predicted octanol–water partition coefficient (Wildman–Crippen LogP) is 6.97. The lowest BCUT2D eigenvalue weighted by Crippen LogP contribution is -2.10. The summed E-state index contributed by atoms with van der Waals surface area (Å²) in [5.74, 6) is 1.43. The van der Waals surface area contributed by atoms with Gasteiger partial charge in [-0.05, 0) is 34.2 Å². The van der Waals surface area contributed by atoms with E-state index in [2.05, 4.69) is 98.6 Å². The SMILES string of the molecule is CC(C)(C)c1ccc(-c2cnc(-c3ccc(-c4ccccc4)cc3)o2)cc1. The van der Waals surface area contributed by atoms with Gasteiger partial charge in [-0.25, -0.2) is 4.98 Å². The first-order valence-corrected chi connectivity index (χ1v) is 9.23. The first-order valence-electron chi connectivity index (χ1n) is 9.23. The van der Waals surface area contributed by atoms with Gasteiger partial charge in [-0.2, -0.15) is 0 Å². The van der Waals surface area contributed by atoms with E-state index in [-0.39, 0.29) is 5.41 Å². The minimum Gasteiger partial charge on any atom is -0.436 e. The minimum atomic E-state index is 0.144. The van der Waals surface area contributed by atoms with E-state index in [4.69, 9.17) is 4.42 Å². The monoisotopic (exact) mass is 353 g/mol. The van der Waals surface area contributed by atoms with Crippen LogP contribution in [0, 0.1) is 0 Å². The maximum Gasteiger partial charge on any atom is 0.226 e. The number of hydrogen-bond acceptors (Lipinski definition) is 2. The van der Waals surface area contributed by atoms with E-state index in [1.807, 2.05) is 6.07 Å². The van der Waals surface area contributed by atoms with Crippen LogP contribution in [0.2, 0.25) is 0 Å². The molecule has 27 heavy (non-hydrogen) atoms. The highest BCUT2D eigenvalue weighted by molar-refractivity contribution is 5.68. The zero-order chi connectivity index (χ0) is 18.9. The maximum atomic E-state index is 6.02. The van der Waals surface area contributed by atoms with Crippen LogP contribution in [0.3, 0.4) is 0 Å². The van der Waals surface area contributed by atoms with E-state index < -0.39 is 0 Å². The molecule has 3 aromatic carbocycles. The Morgan fingerprint density at radius 3 is 1.81 bits per heavy atom. The summed E-state index contributed by atoms with van der Waals surface area (Å²) in [4.78, 5) is 4.47. The Morgan fingerprint density at radius 1 is 0.630 bits per heavy atom. The van der Waals surface area contributed by atoms with Gasteiger partial charge in [0, 0.05) is 11.1 Å². The summed E-state index contributed by atoms with van der Waals surface area (Å²) in [6, 6.07) is 27.2. The van der Waals surface area contributed by atoms with Crippen molar-refractivity contribution in [3.8, 4) is 33.9 Å². The number of oxazole rings is 1. The largest absolute Gasteiger partial charge is 0.436 e. The van der Waals surface area contributed by atoms with Crippen molar-refractivity contribution in [1.29, 1.82) is 0 Å². The molecule has 0 N–H and O–H groups in total. The van der Waals surface area contributed by atoms with Gasteiger partial charge in [0.15, 0.2) is 5.76 Å². The van der Waals surface area contributed by atoms with Gasteiger partial charge in [-0.3, -0.25) is 0 Å². The number of nitrogens with zero attached hydrogens (tertiary/aromatic N) is 1. The molecule has 0 amide bonds. The third-order valence-corrected chi connectivity index (χ3v) is 4.78. The normalized spacial score (nSPS) is 11.5. The Labute approximate surface area is 160 Å². The molecule has 0 saturated heterocycles. The predicted molar refractivity (Wildman–Crippen MR) is 112 cm³/mol. The average molecular weight is 353 g/mol. The molecular weight excluding hydrogens is 330 g/mol. The van der Waals surface area contributed by atoms with Crippen molar-refractivity contribution >= 4 is 0 Å². The second-order valence-corrected chi connectivity index (χ2v) is 7.80. The molecule has 4 rings (SSSR count). The van der Waals surface area contributed by atoms with Gasteiger partial charge in [0.05, 0.1) is 6.20 Å². The fourth-order valence-electron chi connectivity index (χ4n) is 3.11. The van der Waals surface area contributed by atoms with Gasteiger partial charge < -0.3 is 4.42 Å². The second-order valence-electron chi connectivity index (χ2n) is 7.80. The van der Waals surface area contributed by atoms with Crippen LogP contribution in [-0.2, 0) is 5.41 Å². The lowest BCUT2D eigenvalue weighted by molar-refractivity contribution is 0.585. The molecule has 0 unspecified atom stereocenters. The summed E-state index contributed by atoms with van der Waals surface area (Å²) in [6.45, 7) is 6.65. The van der Waals surface area contributed by atoms with Crippen LogP contribution in [0.25, 0.3) is 33.9 Å². The fourth-order valence-corrected chi connectivity index (χ4v) is 3.11. The van der Waals surface area contributed by atoms with Gasteiger partial charge in [-0.15, -0.1) is 0 Å². The summed E-state index contributed by atoms with van der Waals surface area (Å²) in [5.41, 5.74) is 5.86. The fraction of sp³-hybridized carbons (Fsp3) is 0.160. The summed E-state index contributed by atoms with van der Waals surface area (Å²) < 4.78 is 6.02. The van der Waals surface area contributed by atoms with Gasteiger partial charge in [0.2, 0.25) is 5.89 Å². The van der Waals surface area contributed by atoms with E-state index in [9.17, 15) is 0 Å². The number of hydrogen-bond donors (Lipinski definition) is 0. The quantitative estimate of drug-likeness (QED) is 0.397.